The van der Waals surface area contributed by atoms with Crippen LogP contribution in [0.3, 0.4) is 0 Å². The van der Waals surface area contributed by atoms with Crippen molar-refractivity contribution in [2.75, 3.05) is 13.1 Å². The number of aromatic nitrogens is 2. The Bertz CT molecular complexity index is 894. The fourth-order valence-electron chi connectivity index (χ4n) is 2.52. The van der Waals surface area contributed by atoms with E-state index < -0.39 is 5.60 Å². The third-order valence-corrected chi connectivity index (χ3v) is 5.10. The average molecular weight is 564 g/mol. The van der Waals surface area contributed by atoms with Crippen molar-refractivity contribution in [2.45, 2.75) is 26.0 Å². The van der Waals surface area contributed by atoms with Gasteiger partial charge in [0.15, 0.2) is 5.96 Å². The third-order valence-electron chi connectivity index (χ3n) is 3.95. The highest BCUT2D eigenvalue weighted by Gasteiger charge is 2.23. The highest BCUT2D eigenvalue weighted by molar-refractivity contribution is 14.0. The number of imidazole rings is 1. The quantitative estimate of drug-likeness (QED) is 0.243. The first kappa shape index (κ1) is 22.1. The van der Waals surface area contributed by atoms with Crippen molar-refractivity contribution in [2.24, 2.45) is 4.99 Å². The molecule has 3 aromatic heterocycles. The summed E-state index contributed by atoms with van der Waals surface area (Å²) in [5.41, 5.74) is 1.71. The molecule has 0 fully saturated rings. The molecular weight excluding hydrogens is 541 g/mol. The summed E-state index contributed by atoms with van der Waals surface area (Å²) in [4.78, 5) is 9.15. The Balaban J connectivity index is 0.00000261. The molecule has 3 aromatic rings. The molecule has 0 aromatic carbocycles. The Morgan fingerprint density at radius 1 is 1.33 bits per heavy atom. The lowest BCUT2D eigenvalue weighted by molar-refractivity contribution is 0.0621. The van der Waals surface area contributed by atoms with Gasteiger partial charge in [-0.15, -0.1) is 24.0 Å². The molecule has 9 heteroatoms. The monoisotopic (exact) mass is 563 g/mol. The van der Waals surface area contributed by atoms with E-state index in [0.29, 0.717) is 19.0 Å². The first-order valence-corrected chi connectivity index (χ1v) is 10.1. The second kappa shape index (κ2) is 9.85. The van der Waals surface area contributed by atoms with E-state index in [-0.39, 0.29) is 24.0 Å². The van der Waals surface area contributed by atoms with Crippen molar-refractivity contribution in [3.05, 3.63) is 57.1 Å². The SMILES string of the molecule is CCNC(=NCc1cn2cc(Br)ccc2n1)NCC(C)(O)c1ccsc1.I. The van der Waals surface area contributed by atoms with Gasteiger partial charge in [-0.25, -0.2) is 9.98 Å². The number of hydrogen-bond donors (Lipinski definition) is 3. The van der Waals surface area contributed by atoms with Crippen LogP contribution in [-0.2, 0) is 12.1 Å². The lowest BCUT2D eigenvalue weighted by Crippen LogP contribution is -2.44. The van der Waals surface area contributed by atoms with Crippen molar-refractivity contribution < 1.29 is 5.11 Å². The molecule has 3 N–H and O–H groups in total. The van der Waals surface area contributed by atoms with Crippen LogP contribution in [0.2, 0.25) is 0 Å². The molecule has 27 heavy (non-hydrogen) atoms. The van der Waals surface area contributed by atoms with Gasteiger partial charge in [0.05, 0.1) is 18.8 Å². The van der Waals surface area contributed by atoms with Crippen LogP contribution in [0, 0.1) is 0 Å². The number of rotatable bonds is 6. The van der Waals surface area contributed by atoms with E-state index in [2.05, 4.69) is 36.5 Å². The van der Waals surface area contributed by atoms with Crippen LogP contribution < -0.4 is 10.6 Å². The Morgan fingerprint density at radius 2 is 2.15 bits per heavy atom. The maximum absolute atomic E-state index is 10.6. The summed E-state index contributed by atoms with van der Waals surface area (Å²) in [6.07, 6.45) is 3.94. The molecule has 0 aliphatic heterocycles. The Kier molecular flexibility index (Phi) is 8.07. The number of aliphatic imine (C=N–C) groups is 1. The second-order valence-corrected chi connectivity index (χ2v) is 7.88. The number of aliphatic hydroxyl groups is 1. The summed E-state index contributed by atoms with van der Waals surface area (Å²) in [5, 5.41) is 21.0. The summed E-state index contributed by atoms with van der Waals surface area (Å²) in [6, 6.07) is 5.86. The van der Waals surface area contributed by atoms with E-state index in [9.17, 15) is 5.11 Å². The maximum Gasteiger partial charge on any atom is 0.191 e. The fourth-order valence-corrected chi connectivity index (χ4v) is 3.66. The third kappa shape index (κ3) is 5.90. The van der Waals surface area contributed by atoms with Crippen molar-refractivity contribution in [3.8, 4) is 0 Å². The fraction of sp³-hybridized carbons (Fsp3) is 0.333. The summed E-state index contributed by atoms with van der Waals surface area (Å²) in [7, 11) is 0. The van der Waals surface area contributed by atoms with E-state index in [4.69, 9.17) is 0 Å². The van der Waals surface area contributed by atoms with Gasteiger partial charge >= 0.3 is 0 Å². The smallest absolute Gasteiger partial charge is 0.191 e. The first-order valence-electron chi connectivity index (χ1n) is 8.38. The topological polar surface area (TPSA) is 74.0 Å². The van der Waals surface area contributed by atoms with Crippen LogP contribution >= 0.6 is 51.2 Å². The number of halogens is 2. The normalized spacial score (nSPS) is 13.9. The van der Waals surface area contributed by atoms with Crippen LogP contribution in [-0.4, -0.2) is 33.5 Å². The van der Waals surface area contributed by atoms with Gasteiger partial charge in [-0.05, 0) is 64.3 Å². The molecule has 0 saturated carbocycles. The summed E-state index contributed by atoms with van der Waals surface area (Å²) in [6.45, 7) is 5.37. The molecule has 6 nitrogen and oxygen atoms in total. The number of pyridine rings is 1. The highest BCUT2D eigenvalue weighted by Crippen LogP contribution is 2.22. The Morgan fingerprint density at radius 3 is 2.85 bits per heavy atom. The molecule has 0 radical (unpaired) electrons. The molecule has 146 valence electrons. The van der Waals surface area contributed by atoms with Gasteiger partial charge in [0.2, 0.25) is 0 Å². The van der Waals surface area contributed by atoms with Crippen molar-refractivity contribution in [1.29, 1.82) is 0 Å². The maximum atomic E-state index is 10.6. The minimum atomic E-state index is -0.953. The van der Waals surface area contributed by atoms with Crippen LogP contribution in [0.1, 0.15) is 25.1 Å². The predicted molar refractivity (Wildman–Crippen MR) is 125 cm³/mol. The van der Waals surface area contributed by atoms with Crippen LogP contribution in [0.25, 0.3) is 5.65 Å². The number of nitrogens with zero attached hydrogens (tertiary/aromatic N) is 3. The van der Waals surface area contributed by atoms with Crippen LogP contribution in [0.4, 0.5) is 0 Å². The van der Waals surface area contributed by atoms with Crippen molar-refractivity contribution in [3.63, 3.8) is 0 Å². The van der Waals surface area contributed by atoms with E-state index in [1.54, 1.807) is 18.3 Å². The minimum absolute atomic E-state index is 0. The highest BCUT2D eigenvalue weighted by atomic mass is 127. The molecule has 3 heterocycles. The number of nitrogens with one attached hydrogen (secondary N) is 2. The molecule has 0 spiro atoms. The van der Waals surface area contributed by atoms with Gasteiger partial charge < -0.3 is 20.1 Å². The van der Waals surface area contributed by atoms with Gasteiger partial charge in [-0.3, -0.25) is 0 Å². The van der Waals surface area contributed by atoms with Gasteiger partial charge in [0, 0.05) is 23.4 Å². The largest absolute Gasteiger partial charge is 0.384 e. The Labute approximate surface area is 188 Å². The van der Waals surface area contributed by atoms with Crippen LogP contribution in [0.5, 0.6) is 0 Å². The molecule has 0 aliphatic rings. The Hall–Kier alpha value is -1.17. The number of hydrogen-bond acceptors (Lipinski definition) is 4. The predicted octanol–water partition coefficient (Wildman–Crippen LogP) is 3.74. The second-order valence-electron chi connectivity index (χ2n) is 6.18. The molecular formula is C18H23BrIN5OS. The first-order chi connectivity index (χ1) is 12.5. The summed E-state index contributed by atoms with van der Waals surface area (Å²) in [5.74, 6) is 0.654. The lowest BCUT2D eigenvalue weighted by Gasteiger charge is -2.24. The number of thiophene rings is 1. The van der Waals surface area contributed by atoms with Gasteiger partial charge in [0.25, 0.3) is 0 Å². The van der Waals surface area contributed by atoms with Crippen molar-refractivity contribution >= 4 is 62.9 Å². The lowest BCUT2D eigenvalue weighted by atomic mass is 9.99. The summed E-state index contributed by atoms with van der Waals surface area (Å²) >= 11 is 5.03. The summed E-state index contributed by atoms with van der Waals surface area (Å²) < 4.78 is 2.97. The van der Waals surface area contributed by atoms with E-state index >= 15 is 0 Å². The minimum Gasteiger partial charge on any atom is -0.384 e. The van der Waals surface area contributed by atoms with Gasteiger partial charge in [-0.2, -0.15) is 11.3 Å². The van der Waals surface area contributed by atoms with Gasteiger partial charge in [0.1, 0.15) is 11.2 Å². The average Bonchev–Trinajstić information content (AvgIpc) is 3.26. The van der Waals surface area contributed by atoms with Crippen LogP contribution in [0.15, 0.2) is 50.8 Å². The zero-order valence-electron chi connectivity index (χ0n) is 15.1. The van der Waals surface area contributed by atoms with Gasteiger partial charge in [-0.1, -0.05) is 0 Å². The molecule has 0 aliphatic carbocycles. The van der Waals surface area contributed by atoms with E-state index in [0.717, 1.165) is 27.9 Å². The molecule has 0 amide bonds. The van der Waals surface area contributed by atoms with E-state index in [1.165, 1.54) is 0 Å². The molecule has 1 atom stereocenters. The van der Waals surface area contributed by atoms with E-state index in [1.807, 2.05) is 52.7 Å². The molecule has 1 unspecified atom stereocenters. The molecule has 0 bridgehead atoms. The zero-order valence-corrected chi connectivity index (χ0v) is 19.9. The number of guanidine groups is 1. The molecule has 0 saturated heterocycles. The molecule has 3 rings (SSSR count). The number of fused-ring (bicyclic) bond motifs is 1. The standard InChI is InChI=1S/C18H22BrN5OS.HI/c1-3-20-17(22-12-18(2,25)13-6-7-26-11-13)21-8-15-10-24-9-14(19)4-5-16(24)23-15;/h4-7,9-11,25H,3,8,12H2,1-2H3,(H2,20,21,22);1H. The zero-order chi connectivity index (χ0) is 18.6. The van der Waals surface area contributed by atoms with Crippen molar-refractivity contribution in [1.82, 2.24) is 20.0 Å².